The van der Waals surface area contributed by atoms with Crippen LogP contribution in [0.4, 0.5) is 29.2 Å². The molecule has 30 heavy (non-hydrogen) atoms. The number of aromatic nitrogens is 5. The van der Waals surface area contributed by atoms with E-state index in [1.165, 1.54) is 23.8 Å². The predicted molar refractivity (Wildman–Crippen MR) is 98.9 cm³/mol. The van der Waals surface area contributed by atoms with Crippen LogP contribution < -0.4 is 16.0 Å². The average molecular weight is 426 g/mol. The Morgan fingerprint density at radius 1 is 1.27 bits per heavy atom. The van der Waals surface area contributed by atoms with E-state index in [9.17, 15) is 22.4 Å². The molecule has 1 amide bonds. The van der Waals surface area contributed by atoms with E-state index in [1.807, 2.05) is 0 Å². The van der Waals surface area contributed by atoms with E-state index in [-0.39, 0.29) is 30.6 Å². The molecule has 0 bridgehead atoms. The number of halogens is 4. The van der Waals surface area contributed by atoms with Gasteiger partial charge in [-0.2, -0.15) is 18.3 Å². The Morgan fingerprint density at radius 3 is 2.73 bits per heavy atom. The summed E-state index contributed by atoms with van der Waals surface area (Å²) in [4.78, 5) is 18.4. The quantitative estimate of drug-likeness (QED) is 0.617. The summed E-state index contributed by atoms with van der Waals surface area (Å²) >= 11 is 0. The van der Waals surface area contributed by atoms with Gasteiger partial charge in [0.25, 0.3) is 5.91 Å². The molecule has 0 aromatic carbocycles. The van der Waals surface area contributed by atoms with Crippen molar-refractivity contribution in [2.45, 2.75) is 24.8 Å². The van der Waals surface area contributed by atoms with E-state index in [1.54, 1.807) is 11.0 Å². The first-order valence-electron chi connectivity index (χ1n) is 9.03. The molecule has 0 spiro atoms. The molecule has 160 valence electrons. The minimum absolute atomic E-state index is 0.0104. The molecule has 0 saturated carbocycles. The summed E-state index contributed by atoms with van der Waals surface area (Å²) in [5.41, 5.74) is 4.62. The third kappa shape index (κ3) is 3.79. The summed E-state index contributed by atoms with van der Waals surface area (Å²) in [6.07, 6.45) is -3.11. The number of amides is 1. The second kappa shape index (κ2) is 7.23. The summed E-state index contributed by atoms with van der Waals surface area (Å²) in [6.45, 7) is 0.409. The first kappa shape index (κ1) is 20.1. The van der Waals surface area contributed by atoms with Gasteiger partial charge in [-0.05, 0) is 18.6 Å². The smallest absolute Gasteiger partial charge is 0.335 e. The highest BCUT2D eigenvalue weighted by molar-refractivity contribution is 6.04. The van der Waals surface area contributed by atoms with Crippen LogP contribution in [0.2, 0.25) is 0 Å². The van der Waals surface area contributed by atoms with Crippen LogP contribution in [-0.4, -0.2) is 55.6 Å². The number of nitrogens with zero attached hydrogens (tertiary/aromatic N) is 6. The number of hydrogen-bond donors (Lipinski definition) is 2. The molecule has 1 aliphatic rings. The van der Waals surface area contributed by atoms with Crippen molar-refractivity contribution in [3.8, 4) is 0 Å². The van der Waals surface area contributed by atoms with Gasteiger partial charge >= 0.3 is 6.18 Å². The van der Waals surface area contributed by atoms with E-state index in [0.29, 0.717) is 12.1 Å². The lowest BCUT2D eigenvalue weighted by atomic mass is 10.1. The maximum absolute atomic E-state index is 13.9. The van der Waals surface area contributed by atoms with Crippen molar-refractivity contribution in [2.24, 2.45) is 12.8 Å². The lowest BCUT2D eigenvalue weighted by Crippen LogP contribution is -2.48. The molecule has 1 saturated heterocycles. The zero-order valence-electron chi connectivity index (χ0n) is 15.8. The average Bonchev–Trinajstić information content (AvgIpc) is 3.23. The van der Waals surface area contributed by atoms with Gasteiger partial charge in [-0.25, -0.2) is 13.9 Å². The van der Waals surface area contributed by atoms with Crippen LogP contribution in [0.3, 0.4) is 0 Å². The van der Waals surface area contributed by atoms with Crippen LogP contribution in [0, 0.1) is 0 Å². The number of carbonyl (C=O) groups is 1. The highest BCUT2D eigenvalue weighted by Crippen LogP contribution is 2.33. The number of fused-ring (bicyclic) bond motifs is 1. The molecule has 9 nitrogen and oxygen atoms in total. The van der Waals surface area contributed by atoms with Crippen LogP contribution >= 0.6 is 0 Å². The Labute approximate surface area is 167 Å². The molecule has 0 unspecified atom stereocenters. The van der Waals surface area contributed by atoms with Crippen molar-refractivity contribution < 1.29 is 22.4 Å². The van der Waals surface area contributed by atoms with Crippen molar-refractivity contribution >= 4 is 23.1 Å². The number of nitrogens with two attached hydrogens (primary N) is 1. The summed E-state index contributed by atoms with van der Waals surface area (Å²) < 4.78 is 55.5. The minimum Gasteiger partial charge on any atom is -0.335 e. The van der Waals surface area contributed by atoms with Crippen molar-refractivity contribution in [2.75, 3.05) is 23.3 Å². The summed E-state index contributed by atoms with van der Waals surface area (Å²) in [5, 5.41) is 9.86. The van der Waals surface area contributed by atoms with E-state index >= 15 is 0 Å². The molecule has 3 N–H and O–H groups in total. The Balaban J connectivity index is 1.64. The number of piperidine rings is 1. The molecule has 4 rings (SSSR count). The van der Waals surface area contributed by atoms with E-state index in [4.69, 9.17) is 5.73 Å². The number of aryl methyl sites for hydroxylation is 1. The van der Waals surface area contributed by atoms with Gasteiger partial charge in [0.1, 0.15) is 11.9 Å². The Morgan fingerprint density at radius 2 is 2.03 bits per heavy atom. The third-order valence-electron chi connectivity index (χ3n) is 4.68. The van der Waals surface area contributed by atoms with Gasteiger partial charge in [-0.1, -0.05) is 0 Å². The standard InChI is InChI=1S/C17H18F4N8O/c1-27-8-12(14(25-27)17(19,20)21)24-15(30)13-3-2-11-5-23-16(26-29(11)13)28-6-9(18)4-10(22)7-28/h2-3,5,8-10H,4,6-7,22H2,1H3,(H,24,30)/t9-,10+/m1/s1. The van der Waals surface area contributed by atoms with Crippen LogP contribution in [0.15, 0.2) is 24.5 Å². The largest absolute Gasteiger partial charge is 0.437 e. The molecule has 0 aliphatic carbocycles. The predicted octanol–water partition coefficient (Wildman–Crippen LogP) is 1.61. The number of carbonyl (C=O) groups excluding carboxylic acids is 1. The van der Waals surface area contributed by atoms with Gasteiger partial charge in [0, 0.05) is 25.8 Å². The van der Waals surface area contributed by atoms with Gasteiger partial charge in [0.2, 0.25) is 5.95 Å². The fraction of sp³-hybridized carbons (Fsp3) is 0.412. The minimum atomic E-state index is -4.73. The van der Waals surface area contributed by atoms with Crippen LogP contribution in [0.1, 0.15) is 22.6 Å². The zero-order chi connectivity index (χ0) is 21.6. The second-order valence-corrected chi connectivity index (χ2v) is 7.13. The lowest BCUT2D eigenvalue weighted by molar-refractivity contribution is -0.140. The fourth-order valence-corrected chi connectivity index (χ4v) is 3.42. The molecule has 13 heteroatoms. The highest BCUT2D eigenvalue weighted by atomic mass is 19.4. The molecule has 0 radical (unpaired) electrons. The van der Waals surface area contributed by atoms with Gasteiger partial charge in [0.05, 0.1) is 23.9 Å². The number of rotatable bonds is 3. The second-order valence-electron chi connectivity index (χ2n) is 7.13. The molecule has 4 heterocycles. The first-order chi connectivity index (χ1) is 14.1. The highest BCUT2D eigenvalue weighted by Gasteiger charge is 2.38. The number of hydrogen-bond acceptors (Lipinski definition) is 6. The Kier molecular flexibility index (Phi) is 4.84. The summed E-state index contributed by atoms with van der Waals surface area (Å²) in [6, 6.07) is 2.57. The Hall–Kier alpha value is -3.22. The SMILES string of the molecule is Cn1cc(NC(=O)c2ccc3cnc(N4C[C@@H](N)C[C@@H](F)C4)nn23)c(C(F)(F)F)n1. The van der Waals surface area contributed by atoms with Crippen molar-refractivity contribution in [3.63, 3.8) is 0 Å². The summed E-state index contributed by atoms with van der Waals surface area (Å²) in [7, 11) is 1.32. The molecule has 3 aromatic heterocycles. The van der Waals surface area contributed by atoms with E-state index < -0.39 is 29.6 Å². The van der Waals surface area contributed by atoms with Gasteiger partial charge in [0.15, 0.2) is 5.69 Å². The number of nitrogens with one attached hydrogen (secondary N) is 1. The maximum atomic E-state index is 13.9. The van der Waals surface area contributed by atoms with Gasteiger partial charge < -0.3 is 16.0 Å². The maximum Gasteiger partial charge on any atom is 0.437 e. The number of anilines is 2. The first-order valence-corrected chi connectivity index (χ1v) is 9.03. The van der Waals surface area contributed by atoms with Crippen LogP contribution in [0.5, 0.6) is 0 Å². The van der Waals surface area contributed by atoms with Crippen molar-refractivity contribution in [1.82, 2.24) is 24.4 Å². The molecule has 2 atom stereocenters. The lowest BCUT2D eigenvalue weighted by Gasteiger charge is -2.32. The topological polar surface area (TPSA) is 106 Å². The molecule has 3 aromatic rings. The molecular formula is C17H18F4N8O. The van der Waals surface area contributed by atoms with Gasteiger partial charge in [-0.3, -0.25) is 9.48 Å². The normalized spacial score (nSPS) is 20.0. The molecule has 1 fully saturated rings. The zero-order valence-corrected chi connectivity index (χ0v) is 15.8. The summed E-state index contributed by atoms with van der Waals surface area (Å²) in [5.74, 6) is -0.639. The fourth-order valence-electron chi connectivity index (χ4n) is 3.42. The monoisotopic (exact) mass is 426 g/mol. The molecule has 1 aliphatic heterocycles. The Bertz CT molecular complexity index is 1080. The van der Waals surface area contributed by atoms with Crippen molar-refractivity contribution in [3.05, 3.63) is 35.9 Å². The van der Waals surface area contributed by atoms with Crippen LogP contribution in [0.25, 0.3) is 5.52 Å². The van der Waals surface area contributed by atoms with Crippen molar-refractivity contribution in [1.29, 1.82) is 0 Å². The van der Waals surface area contributed by atoms with Crippen LogP contribution in [-0.2, 0) is 13.2 Å². The van der Waals surface area contributed by atoms with E-state index in [2.05, 4.69) is 20.5 Å². The number of alkyl halides is 4. The van der Waals surface area contributed by atoms with E-state index in [0.717, 1.165) is 10.9 Å². The molecular weight excluding hydrogens is 408 g/mol. The third-order valence-corrected chi connectivity index (χ3v) is 4.68. The van der Waals surface area contributed by atoms with Gasteiger partial charge in [-0.15, -0.1) is 5.10 Å².